The summed E-state index contributed by atoms with van der Waals surface area (Å²) in [5.74, 6) is 0. The molecule has 1 fully saturated rings. The van der Waals surface area contributed by atoms with Gasteiger partial charge in [0.1, 0.15) is 17.9 Å². The van der Waals surface area contributed by atoms with Crippen LogP contribution in [-0.2, 0) is 4.74 Å². The molecule has 5 rings (SSSR count). The monoisotopic (exact) mass is 400 g/mol. The van der Waals surface area contributed by atoms with Gasteiger partial charge in [0.25, 0.3) is 0 Å². The van der Waals surface area contributed by atoms with E-state index in [1.54, 1.807) is 6.20 Å². The Bertz CT molecular complexity index is 1210. The number of aromatic nitrogens is 1. The second kappa shape index (κ2) is 6.85. The lowest BCUT2D eigenvalue weighted by Gasteiger charge is -2.37. The summed E-state index contributed by atoms with van der Waals surface area (Å²) < 4.78 is 12.7. The summed E-state index contributed by atoms with van der Waals surface area (Å²) in [7, 11) is 0. The van der Waals surface area contributed by atoms with Crippen molar-refractivity contribution in [3.8, 4) is 0 Å². The van der Waals surface area contributed by atoms with Crippen LogP contribution in [0.2, 0.25) is 0 Å². The van der Waals surface area contributed by atoms with Crippen LogP contribution >= 0.6 is 0 Å². The number of fused-ring (bicyclic) bond motifs is 3. The quantitative estimate of drug-likeness (QED) is 0.379. The van der Waals surface area contributed by atoms with Crippen LogP contribution < -0.4 is 4.90 Å². The van der Waals surface area contributed by atoms with Gasteiger partial charge in [-0.3, -0.25) is 0 Å². The van der Waals surface area contributed by atoms with Gasteiger partial charge in [-0.2, -0.15) is 0 Å². The molecule has 0 bridgehead atoms. The van der Waals surface area contributed by atoms with Crippen LogP contribution in [0.3, 0.4) is 0 Å². The van der Waals surface area contributed by atoms with Crippen molar-refractivity contribution < 1.29 is 9.15 Å². The Balaban J connectivity index is 1.67. The molecule has 2 aromatic heterocycles. The van der Waals surface area contributed by atoms with E-state index in [0.717, 1.165) is 16.4 Å². The van der Waals surface area contributed by atoms with Crippen LogP contribution in [0.25, 0.3) is 22.1 Å². The Labute approximate surface area is 177 Å². The maximum atomic E-state index is 6.72. The first-order valence-corrected chi connectivity index (χ1v) is 10.6. The molecule has 2 unspecified atom stereocenters. The van der Waals surface area contributed by atoms with Crippen LogP contribution in [0.5, 0.6) is 0 Å². The van der Waals surface area contributed by atoms with Crippen LogP contribution in [0, 0.1) is 12.3 Å². The molecule has 1 aliphatic rings. The predicted molar refractivity (Wildman–Crippen MR) is 122 cm³/mol. The molecule has 0 aliphatic carbocycles. The molecule has 4 heteroatoms. The van der Waals surface area contributed by atoms with E-state index < -0.39 is 0 Å². The number of rotatable bonds is 2. The zero-order chi connectivity index (χ0) is 21.0. The minimum atomic E-state index is -0.0425. The van der Waals surface area contributed by atoms with Gasteiger partial charge in [0.2, 0.25) is 5.71 Å². The van der Waals surface area contributed by atoms with Crippen molar-refractivity contribution in [2.45, 2.75) is 53.0 Å². The third-order valence-electron chi connectivity index (χ3n) is 6.12. The minimum absolute atomic E-state index is 0.0216. The highest BCUT2D eigenvalue weighted by molar-refractivity contribution is 6.05. The maximum absolute atomic E-state index is 6.72. The number of pyridine rings is 1. The summed E-state index contributed by atoms with van der Waals surface area (Å²) in [5.41, 5.74) is 5.12. The third kappa shape index (κ3) is 2.98. The van der Waals surface area contributed by atoms with Crippen molar-refractivity contribution in [2.75, 3.05) is 4.90 Å². The highest BCUT2D eigenvalue weighted by atomic mass is 16.5. The number of anilines is 1. The van der Waals surface area contributed by atoms with Crippen molar-refractivity contribution in [1.82, 2.24) is 4.98 Å². The van der Waals surface area contributed by atoms with E-state index in [0.29, 0.717) is 5.71 Å². The van der Waals surface area contributed by atoms with E-state index in [2.05, 4.69) is 93.0 Å². The van der Waals surface area contributed by atoms with Crippen molar-refractivity contribution in [1.29, 1.82) is 0 Å². The molecular weight excluding hydrogens is 372 g/mol. The molecule has 3 heterocycles. The van der Waals surface area contributed by atoms with E-state index in [1.807, 2.05) is 6.07 Å². The molecular formula is C26H28N2O2. The number of furan rings is 1. The molecule has 1 saturated heterocycles. The van der Waals surface area contributed by atoms with Crippen LogP contribution in [0.15, 0.2) is 65.2 Å². The fourth-order valence-corrected chi connectivity index (χ4v) is 4.67. The largest absolute Gasteiger partial charge is 0.438 e. The van der Waals surface area contributed by atoms with Gasteiger partial charge in [0.15, 0.2) is 0 Å². The van der Waals surface area contributed by atoms with E-state index in [4.69, 9.17) is 9.15 Å². The lowest BCUT2D eigenvalue weighted by molar-refractivity contribution is -0.0171. The Hall–Kier alpha value is -2.85. The number of aryl methyl sites for hydroxylation is 1. The van der Waals surface area contributed by atoms with Gasteiger partial charge >= 0.3 is 0 Å². The minimum Gasteiger partial charge on any atom is -0.438 e. The summed E-state index contributed by atoms with van der Waals surface area (Å²) >= 11 is 0. The highest BCUT2D eigenvalue weighted by Gasteiger charge is 2.46. The molecule has 2 aromatic carbocycles. The lowest BCUT2D eigenvalue weighted by Crippen LogP contribution is -2.43. The topological polar surface area (TPSA) is 38.5 Å². The summed E-state index contributed by atoms with van der Waals surface area (Å²) in [5, 5.41) is 2.15. The first kappa shape index (κ1) is 19.1. The summed E-state index contributed by atoms with van der Waals surface area (Å²) in [6.07, 6.45) is 1.76. The lowest BCUT2D eigenvalue weighted by atomic mass is 9.92. The van der Waals surface area contributed by atoms with E-state index in [9.17, 15) is 0 Å². The van der Waals surface area contributed by atoms with E-state index in [-0.39, 0.29) is 23.8 Å². The van der Waals surface area contributed by atoms with Gasteiger partial charge in [-0.15, -0.1) is 0 Å². The maximum Gasteiger partial charge on any atom is 0.227 e. The first-order valence-electron chi connectivity index (χ1n) is 10.6. The SMILES string of the molecule is Cc1cc2oc3ncccc3c2cc1N1C(C(C)(C)C)OC(c2ccccc2)[C@@H]1C. The van der Waals surface area contributed by atoms with Gasteiger partial charge in [0, 0.05) is 28.1 Å². The van der Waals surface area contributed by atoms with Crippen molar-refractivity contribution >= 4 is 27.8 Å². The molecule has 0 spiro atoms. The van der Waals surface area contributed by atoms with Gasteiger partial charge in [-0.05, 0) is 49.2 Å². The Morgan fingerprint density at radius 3 is 2.47 bits per heavy atom. The number of ether oxygens (including phenoxy) is 1. The average molecular weight is 401 g/mol. The summed E-state index contributed by atoms with van der Waals surface area (Å²) in [6, 6.07) is 19.2. The zero-order valence-corrected chi connectivity index (χ0v) is 18.2. The number of hydrogen-bond donors (Lipinski definition) is 0. The molecule has 4 nitrogen and oxygen atoms in total. The number of benzene rings is 2. The average Bonchev–Trinajstić information content (AvgIpc) is 3.25. The smallest absolute Gasteiger partial charge is 0.227 e. The molecule has 0 amide bonds. The summed E-state index contributed by atoms with van der Waals surface area (Å²) in [4.78, 5) is 6.85. The molecule has 3 atom stereocenters. The van der Waals surface area contributed by atoms with Crippen molar-refractivity contribution in [3.63, 3.8) is 0 Å². The van der Waals surface area contributed by atoms with Gasteiger partial charge in [-0.25, -0.2) is 4.98 Å². The molecule has 1 aliphatic heterocycles. The molecule has 0 radical (unpaired) electrons. The van der Waals surface area contributed by atoms with Gasteiger partial charge in [0.05, 0.1) is 6.04 Å². The Morgan fingerprint density at radius 2 is 1.73 bits per heavy atom. The molecule has 0 N–H and O–H groups in total. The fourth-order valence-electron chi connectivity index (χ4n) is 4.67. The normalized spacial score (nSPS) is 22.3. The van der Waals surface area contributed by atoms with Crippen LogP contribution in [-0.4, -0.2) is 17.3 Å². The number of nitrogens with zero attached hydrogens (tertiary/aromatic N) is 2. The number of hydrogen-bond acceptors (Lipinski definition) is 4. The molecule has 4 aromatic rings. The predicted octanol–water partition coefficient (Wildman–Crippen LogP) is 6.63. The first-order chi connectivity index (χ1) is 14.3. The van der Waals surface area contributed by atoms with E-state index >= 15 is 0 Å². The Morgan fingerprint density at radius 1 is 0.967 bits per heavy atom. The molecule has 30 heavy (non-hydrogen) atoms. The van der Waals surface area contributed by atoms with Crippen molar-refractivity contribution in [2.24, 2.45) is 5.41 Å². The van der Waals surface area contributed by atoms with Crippen LogP contribution in [0.1, 0.15) is 44.9 Å². The molecule has 154 valence electrons. The van der Waals surface area contributed by atoms with Gasteiger partial charge in [-0.1, -0.05) is 51.1 Å². The second-order valence-electron chi connectivity index (χ2n) is 9.43. The van der Waals surface area contributed by atoms with Gasteiger partial charge < -0.3 is 14.1 Å². The standard InChI is InChI=1S/C26H28N2O2/c1-16-14-22-20(19-12-9-13-27-24(19)29-22)15-21(16)28-17(2)23(18-10-7-6-8-11-18)30-25(28)26(3,4)5/h6-15,17,23,25H,1-5H3/t17-,23?,25?/m0/s1. The highest BCUT2D eigenvalue weighted by Crippen LogP contribution is 2.46. The summed E-state index contributed by atoms with van der Waals surface area (Å²) in [6.45, 7) is 11.2. The fraction of sp³-hybridized carbons (Fsp3) is 0.346. The third-order valence-corrected chi connectivity index (χ3v) is 6.12. The second-order valence-corrected chi connectivity index (χ2v) is 9.43. The van der Waals surface area contributed by atoms with Crippen molar-refractivity contribution in [3.05, 3.63) is 71.9 Å². The van der Waals surface area contributed by atoms with E-state index in [1.165, 1.54) is 16.8 Å². The van der Waals surface area contributed by atoms with Crippen LogP contribution in [0.4, 0.5) is 5.69 Å². The Kier molecular flexibility index (Phi) is 4.37. The molecule has 0 saturated carbocycles. The zero-order valence-electron chi connectivity index (χ0n) is 18.2.